The van der Waals surface area contributed by atoms with Crippen molar-refractivity contribution in [3.8, 4) is 0 Å². The minimum absolute atomic E-state index is 0.0538. The lowest BCUT2D eigenvalue weighted by atomic mass is 9.40. The van der Waals surface area contributed by atoms with E-state index in [1.807, 2.05) is 0 Å². The first-order valence-corrected chi connectivity index (χ1v) is 12.1. The second-order valence-electron chi connectivity index (χ2n) is 11.2. The second-order valence-corrected chi connectivity index (χ2v) is 11.2. The van der Waals surface area contributed by atoms with Gasteiger partial charge in [0, 0.05) is 45.3 Å². The van der Waals surface area contributed by atoms with Crippen LogP contribution in [0.1, 0.15) is 52.9 Å². The van der Waals surface area contributed by atoms with E-state index in [-0.39, 0.29) is 59.7 Å². The molecule has 5 saturated heterocycles. The van der Waals surface area contributed by atoms with E-state index in [0.717, 1.165) is 32.1 Å². The summed E-state index contributed by atoms with van der Waals surface area (Å²) in [5, 5.41) is 0. The van der Waals surface area contributed by atoms with E-state index in [1.165, 1.54) is 6.92 Å². The highest BCUT2D eigenvalue weighted by atomic mass is 16.8. The average Bonchev–Trinajstić information content (AvgIpc) is 3.22. The number of hydrogen-bond donors (Lipinski definition) is 0. The van der Waals surface area contributed by atoms with Gasteiger partial charge in [-0.3, -0.25) is 4.79 Å². The first-order valence-electron chi connectivity index (χ1n) is 12.1. The zero-order valence-corrected chi connectivity index (χ0v) is 19.7. The van der Waals surface area contributed by atoms with E-state index >= 15 is 0 Å². The molecule has 2 bridgehead atoms. The topological polar surface area (TPSA) is 85.0 Å². The first-order chi connectivity index (χ1) is 15.3. The Bertz CT molecular complexity index is 770. The molecule has 0 amide bonds. The van der Waals surface area contributed by atoms with Crippen molar-refractivity contribution in [2.75, 3.05) is 20.8 Å². The van der Waals surface area contributed by atoms with Crippen molar-refractivity contribution in [3.05, 3.63) is 0 Å². The molecule has 7 rings (SSSR count). The molecule has 0 aromatic heterocycles. The quantitative estimate of drug-likeness (QED) is 0.475. The van der Waals surface area contributed by atoms with Crippen molar-refractivity contribution in [1.82, 2.24) is 0 Å². The van der Waals surface area contributed by atoms with Crippen LogP contribution in [0.4, 0.5) is 0 Å². The summed E-state index contributed by atoms with van der Waals surface area (Å²) >= 11 is 0. The molecule has 1 unspecified atom stereocenters. The van der Waals surface area contributed by atoms with Crippen LogP contribution in [-0.2, 0) is 38.0 Å². The van der Waals surface area contributed by atoms with E-state index in [4.69, 9.17) is 33.2 Å². The fourth-order valence-corrected chi connectivity index (χ4v) is 8.39. The number of fused-ring (bicyclic) bond motifs is 2. The van der Waals surface area contributed by atoms with E-state index < -0.39 is 11.7 Å². The van der Waals surface area contributed by atoms with Crippen LogP contribution < -0.4 is 0 Å². The molecule has 180 valence electrons. The van der Waals surface area contributed by atoms with Crippen LogP contribution in [0.3, 0.4) is 0 Å². The van der Waals surface area contributed by atoms with Gasteiger partial charge >= 0.3 is 5.97 Å². The standard InChI is InChI=1S/C24H36O8/c1-12-6-18(29-13(2)25)24-16(9-15(30-21(24)27-5)10-23(24)11-28-23)22(12,3)17-7-14-8-19(26-4)32-20(14)31-17/h12,14-21H,6-11H2,1-5H3/t12-,14+,15-,16-,17+,18+,19-,20-,21?,22+,23+,24+/m1/s1. The van der Waals surface area contributed by atoms with Crippen molar-refractivity contribution in [2.45, 2.75) is 95.7 Å². The number of epoxide rings is 1. The normalized spacial score (nSPS) is 58.0. The number of rotatable bonds is 4. The third kappa shape index (κ3) is 2.62. The molecule has 0 aromatic carbocycles. The lowest BCUT2D eigenvalue weighted by molar-refractivity contribution is -0.380. The summed E-state index contributed by atoms with van der Waals surface area (Å²) in [5.41, 5.74) is -1.04. The van der Waals surface area contributed by atoms with Crippen molar-refractivity contribution in [1.29, 1.82) is 0 Å². The van der Waals surface area contributed by atoms with Crippen LogP contribution in [0, 0.1) is 28.6 Å². The summed E-state index contributed by atoms with van der Waals surface area (Å²) in [6.07, 6.45) is 3.26. The SMILES string of the molecule is COC1O[C@@H]2C[C@@H]3[C@@](C)([C@@H]4C[C@H]5C[C@H](OC)O[C@H]5O4)[C@H](C)C[C@H](OC(C)=O)[C@]13[C@@]1(CO1)C2. The molecule has 7 fully saturated rings. The molecule has 0 N–H and O–H groups in total. The Morgan fingerprint density at radius 2 is 1.81 bits per heavy atom. The molecule has 5 heterocycles. The zero-order chi connectivity index (χ0) is 22.5. The molecule has 0 radical (unpaired) electrons. The van der Waals surface area contributed by atoms with Crippen molar-refractivity contribution >= 4 is 5.97 Å². The summed E-state index contributed by atoms with van der Waals surface area (Å²) in [5.74, 6) is 0.558. The van der Waals surface area contributed by atoms with Gasteiger partial charge in [0.15, 0.2) is 18.9 Å². The van der Waals surface area contributed by atoms with Gasteiger partial charge in [0.25, 0.3) is 0 Å². The van der Waals surface area contributed by atoms with Gasteiger partial charge in [0.1, 0.15) is 11.7 Å². The highest BCUT2D eigenvalue weighted by molar-refractivity contribution is 5.66. The van der Waals surface area contributed by atoms with Crippen molar-refractivity contribution < 1.29 is 38.0 Å². The number of ether oxygens (including phenoxy) is 7. The van der Waals surface area contributed by atoms with Gasteiger partial charge in [-0.15, -0.1) is 0 Å². The Morgan fingerprint density at radius 3 is 2.44 bits per heavy atom. The fraction of sp³-hybridized carbons (Fsp3) is 0.958. The predicted molar refractivity (Wildman–Crippen MR) is 110 cm³/mol. The highest BCUT2D eigenvalue weighted by Crippen LogP contribution is 2.74. The van der Waals surface area contributed by atoms with Gasteiger partial charge in [-0.25, -0.2) is 0 Å². The molecular formula is C24H36O8. The number of carbonyl (C=O) groups excluding carboxylic acids is 1. The molecule has 2 saturated carbocycles. The maximum atomic E-state index is 12.2. The summed E-state index contributed by atoms with van der Waals surface area (Å²) < 4.78 is 42.7. The Morgan fingerprint density at radius 1 is 1.03 bits per heavy atom. The Labute approximate surface area is 189 Å². The summed E-state index contributed by atoms with van der Waals surface area (Å²) in [7, 11) is 3.38. The van der Waals surface area contributed by atoms with E-state index in [2.05, 4.69) is 13.8 Å². The Kier molecular flexibility index (Phi) is 4.84. The monoisotopic (exact) mass is 452 g/mol. The fourth-order valence-electron chi connectivity index (χ4n) is 8.39. The number of hydrogen-bond acceptors (Lipinski definition) is 8. The first kappa shape index (κ1) is 21.7. The third-order valence-corrected chi connectivity index (χ3v) is 9.99. The summed E-state index contributed by atoms with van der Waals surface area (Å²) in [6, 6.07) is 0. The largest absolute Gasteiger partial charge is 0.462 e. The lowest BCUT2D eigenvalue weighted by Crippen LogP contribution is -2.76. The van der Waals surface area contributed by atoms with Crippen LogP contribution in [0.5, 0.6) is 0 Å². The maximum absolute atomic E-state index is 12.2. The van der Waals surface area contributed by atoms with Gasteiger partial charge in [-0.2, -0.15) is 0 Å². The molecule has 0 aromatic rings. The summed E-state index contributed by atoms with van der Waals surface area (Å²) in [4.78, 5) is 12.2. The molecule has 32 heavy (non-hydrogen) atoms. The number of carbonyl (C=O) groups is 1. The van der Waals surface area contributed by atoms with Gasteiger partial charge in [0.2, 0.25) is 0 Å². The van der Waals surface area contributed by atoms with Gasteiger partial charge in [-0.1, -0.05) is 13.8 Å². The lowest BCUT2D eigenvalue weighted by Gasteiger charge is -2.69. The highest BCUT2D eigenvalue weighted by Gasteiger charge is 2.82. The molecule has 5 aliphatic heterocycles. The molecule has 8 nitrogen and oxygen atoms in total. The summed E-state index contributed by atoms with van der Waals surface area (Å²) in [6.45, 7) is 6.81. The Hall–Kier alpha value is -0.770. The predicted octanol–water partition coefficient (Wildman–Crippen LogP) is 2.62. The maximum Gasteiger partial charge on any atom is 0.302 e. The van der Waals surface area contributed by atoms with E-state index in [9.17, 15) is 4.79 Å². The van der Waals surface area contributed by atoms with Gasteiger partial charge in [0.05, 0.1) is 24.2 Å². The number of esters is 1. The van der Waals surface area contributed by atoms with Gasteiger partial charge in [-0.05, 0) is 31.1 Å². The smallest absolute Gasteiger partial charge is 0.302 e. The van der Waals surface area contributed by atoms with E-state index in [0.29, 0.717) is 12.5 Å². The second kappa shape index (κ2) is 7.12. The molecule has 2 spiro atoms. The molecular weight excluding hydrogens is 416 g/mol. The molecule has 2 aliphatic carbocycles. The zero-order valence-electron chi connectivity index (χ0n) is 19.7. The number of methoxy groups -OCH3 is 2. The minimum atomic E-state index is -0.541. The van der Waals surface area contributed by atoms with Crippen molar-refractivity contribution in [3.63, 3.8) is 0 Å². The molecule has 7 aliphatic rings. The van der Waals surface area contributed by atoms with Crippen LogP contribution in [0.15, 0.2) is 0 Å². The third-order valence-electron chi connectivity index (χ3n) is 9.99. The van der Waals surface area contributed by atoms with Crippen LogP contribution in [-0.4, -0.2) is 69.6 Å². The van der Waals surface area contributed by atoms with Gasteiger partial charge < -0.3 is 33.2 Å². The molecule has 8 heteroatoms. The minimum Gasteiger partial charge on any atom is -0.462 e. The van der Waals surface area contributed by atoms with E-state index in [1.54, 1.807) is 14.2 Å². The van der Waals surface area contributed by atoms with Crippen molar-refractivity contribution in [2.24, 2.45) is 28.6 Å². The van der Waals surface area contributed by atoms with Crippen LogP contribution in [0.2, 0.25) is 0 Å². The Balaban J connectivity index is 1.41. The molecule has 12 atom stereocenters. The average molecular weight is 453 g/mol. The van der Waals surface area contributed by atoms with Crippen LogP contribution in [0.25, 0.3) is 0 Å². The van der Waals surface area contributed by atoms with Crippen LogP contribution >= 0.6 is 0 Å².